The minimum absolute atomic E-state index is 0.0874. The zero-order valence-corrected chi connectivity index (χ0v) is 25.8. The molecule has 1 unspecified atom stereocenters. The number of amides is 2. The largest absolute Gasteiger partial charge is 0.457 e. The topological polar surface area (TPSA) is 70.7 Å². The van der Waals surface area contributed by atoms with Crippen LogP contribution in [0.2, 0.25) is 0 Å². The van der Waals surface area contributed by atoms with Crippen LogP contribution >= 0.6 is 0 Å². The summed E-state index contributed by atoms with van der Waals surface area (Å²) in [4.78, 5) is 29.2. The first kappa shape index (κ1) is 30.7. The summed E-state index contributed by atoms with van der Waals surface area (Å²) in [6.45, 7) is 2.24. The van der Waals surface area contributed by atoms with Gasteiger partial charge < -0.3 is 20.3 Å². The van der Waals surface area contributed by atoms with Gasteiger partial charge in [0.25, 0.3) is 5.91 Å². The minimum atomic E-state index is -0.228. The Morgan fingerprint density at radius 2 is 1.50 bits per heavy atom. The van der Waals surface area contributed by atoms with Gasteiger partial charge in [-0.25, -0.2) is 0 Å². The third-order valence-electron chi connectivity index (χ3n) is 8.56. The number of ether oxygens (including phenoxy) is 1. The van der Waals surface area contributed by atoms with E-state index in [1.54, 1.807) is 12.1 Å². The van der Waals surface area contributed by atoms with Crippen molar-refractivity contribution in [3.05, 3.63) is 156 Å². The molecule has 1 aliphatic heterocycles. The van der Waals surface area contributed by atoms with Crippen molar-refractivity contribution in [3.8, 4) is 11.5 Å². The van der Waals surface area contributed by atoms with Crippen molar-refractivity contribution in [2.24, 2.45) is 11.8 Å². The lowest BCUT2D eigenvalue weighted by Crippen LogP contribution is -2.42. The second kappa shape index (κ2) is 15.1. The van der Waals surface area contributed by atoms with Crippen LogP contribution in [-0.2, 0) is 11.3 Å². The molecular formula is C40H39N3O3. The summed E-state index contributed by atoms with van der Waals surface area (Å²) in [5.41, 5.74) is 4.46. The van der Waals surface area contributed by atoms with Crippen LogP contribution in [0.3, 0.4) is 0 Å². The molecule has 2 N–H and O–H groups in total. The lowest BCUT2D eigenvalue weighted by Gasteiger charge is -2.37. The van der Waals surface area contributed by atoms with Crippen LogP contribution in [0.25, 0.3) is 0 Å². The van der Waals surface area contributed by atoms with E-state index in [4.69, 9.17) is 4.74 Å². The first-order valence-electron chi connectivity index (χ1n) is 16.0. The van der Waals surface area contributed by atoms with E-state index in [0.29, 0.717) is 29.3 Å². The number of anilines is 2. The van der Waals surface area contributed by atoms with Crippen LogP contribution in [0.15, 0.2) is 145 Å². The van der Waals surface area contributed by atoms with E-state index < -0.39 is 0 Å². The highest BCUT2D eigenvalue weighted by molar-refractivity contribution is 6.06. The van der Waals surface area contributed by atoms with E-state index in [-0.39, 0.29) is 23.7 Å². The quantitative estimate of drug-likeness (QED) is 0.190. The zero-order valence-electron chi connectivity index (χ0n) is 25.8. The van der Waals surface area contributed by atoms with E-state index in [9.17, 15) is 9.59 Å². The Balaban J connectivity index is 1.08. The molecule has 2 aliphatic rings. The molecule has 1 saturated heterocycles. The summed E-state index contributed by atoms with van der Waals surface area (Å²) in [5.74, 6) is 1.08. The van der Waals surface area contributed by atoms with Crippen LogP contribution in [0, 0.1) is 11.8 Å². The van der Waals surface area contributed by atoms with Gasteiger partial charge in [0, 0.05) is 31.0 Å². The van der Waals surface area contributed by atoms with Crippen molar-refractivity contribution in [2.75, 3.05) is 23.3 Å². The van der Waals surface area contributed by atoms with Gasteiger partial charge in [-0.05, 0) is 84.8 Å². The summed E-state index contributed by atoms with van der Waals surface area (Å²) < 4.78 is 5.98. The van der Waals surface area contributed by atoms with E-state index in [1.165, 1.54) is 0 Å². The monoisotopic (exact) mass is 609 g/mol. The molecule has 6 nitrogen and oxygen atoms in total. The number of allylic oxidation sites excluding steroid dienone is 5. The number of nitrogens with one attached hydrogen (secondary N) is 2. The Labute approximate surface area is 271 Å². The number of benzene rings is 4. The summed E-state index contributed by atoms with van der Waals surface area (Å²) in [6, 6.07) is 34.7. The summed E-state index contributed by atoms with van der Waals surface area (Å²) in [7, 11) is 0. The van der Waals surface area contributed by atoms with Crippen molar-refractivity contribution in [1.82, 2.24) is 5.32 Å². The Morgan fingerprint density at radius 1 is 0.804 bits per heavy atom. The van der Waals surface area contributed by atoms with Crippen LogP contribution in [-0.4, -0.2) is 24.9 Å². The van der Waals surface area contributed by atoms with Gasteiger partial charge in [-0.2, -0.15) is 0 Å². The van der Waals surface area contributed by atoms with E-state index in [2.05, 4.69) is 45.9 Å². The molecule has 1 fully saturated rings. The molecule has 6 rings (SSSR count). The third kappa shape index (κ3) is 7.83. The Hall–Kier alpha value is -5.36. The maximum Gasteiger partial charge on any atom is 0.259 e. The Morgan fingerprint density at radius 3 is 2.26 bits per heavy atom. The van der Waals surface area contributed by atoms with Crippen molar-refractivity contribution >= 4 is 23.2 Å². The standard InChI is InChI=1S/C40H39N3O3/c44-39(36-19-11-12-20-37(36)46-35-17-9-4-10-18-35)42-33-21-23-34(24-22-33)43-27-25-32(26-28-43)38(31-15-7-1-2-8-16-31)40(45)41-29-30-13-5-3-6-14-30/h1,3-24,32,38H,2,25-29H2,(H,41,45)(H,42,44). The number of carbonyl (C=O) groups is 2. The molecule has 232 valence electrons. The molecule has 46 heavy (non-hydrogen) atoms. The predicted octanol–water partition coefficient (Wildman–Crippen LogP) is 8.32. The molecule has 0 aromatic heterocycles. The minimum Gasteiger partial charge on any atom is -0.457 e. The number of para-hydroxylation sites is 2. The number of hydrogen-bond donors (Lipinski definition) is 2. The second-order valence-corrected chi connectivity index (χ2v) is 11.7. The highest BCUT2D eigenvalue weighted by Crippen LogP contribution is 2.34. The molecule has 1 aliphatic carbocycles. The van der Waals surface area contributed by atoms with Gasteiger partial charge >= 0.3 is 0 Å². The zero-order chi connectivity index (χ0) is 31.6. The van der Waals surface area contributed by atoms with Crippen LogP contribution in [0.5, 0.6) is 11.5 Å². The third-order valence-corrected chi connectivity index (χ3v) is 8.56. The average molecular weight is 610 g/mol. The SMILES string of the molecule is O=C(Nc1ccc(N2CCC(C(C(=O)NCc3ccccc3)C3=CC=CCC=C3)CC2)cc1)c1ccccc1Oc1ccccc1. The van der Waals surface area contributed by atoms with Crippen LogP contribution in [0.4, 0.5) is 11.4 Å². The number of rotatable bonds is 10. The van der Waals surface area contributed by atoms with Gasteiger partial charge in [0.05, 0.1) is 11.5 Å². The van der Waals surface area contributed by atoms with Gasteiger partial charge in [-0.1, -0.05) is 91.0 Å². The normalized spacial score (nSPS) is 15.4. The summed E-state index contributed by atoms with van der Waals surface area (Å²) in [5, 5.41) is 6.23. The van der Waals surface area contributed by atoms with Gasteiger partial charge in [-0.15, -0.1) is 0 Å². The first-order chi connectivity index (χ1) is 22.6. The van der Waals surface area contributed by atoms with E-state index in [0.717, 1.165) is 49.2 Å². The number of carbonyl (C=O) groups excluding carboxylic acids is 2. The van der Waals surface area contributed by atoms with Gasteiger partial charge in [0.1, 0.15) is 11.5 Å². The number of piperidine rings is 1. The Bertz CT molecular complexity index is 1700. The van der Waals surface area contributed by atoms with Gasteiger partial charge in [-0.3, -0.25) is 9.59 Å². The molecule has 4 aromatic carbocycles. The predicted molar refractivity (Wildman–Crippen MR) is 185 cm³/mol. The molecule has 0 saturated carbocycles. The summed E-state index contributed by atoms with van der Waals surface area (Å²) in [6.07, 6.45) is 13.2. The fraction of sp³-hybridized carbons (Fsp3) is 0.200. The van der Waals surface area contributed by atoms with Crippen LogP contribution < -0.4 is 20.3 Å². The lowest BCUT2D eigenvalue weighted by molar-refractivity contribution is -0.125. The first-order valence-corrected chi connectivity index (χ1v) is 16.0. The molecule has 0 bridgehead atoms. The van der Waals surface area contributed by atoms with E-state index in [1.807, 2.05) is 97.1 Å². The van der Waals surface area contributed by atoms with E-state index >= 15 is 0 Å². The van der Waals surface area contributed by atoms with Crippen molar-refractivity contribution in [1.29, 1.82) is 0 Å². The molecule has 4 aromatic rings. The molecular weight excluding hydrogens is 570 g/mol. The van der Waals surface area contributed by atoms with Crippen molar-refractivity contribution in [2.45, 2.75) is 25.8 Å². The fourth-order valence-electron chi connectivity index (χ4n) is 6.14. The lowest BCUT2D eigenvalue weighted by atomic mass is 9.78. The highest BCUT2D eigenvalue weighted by Gasteiger charge is 2.33. The molecule has 0 radical (unpaired) electrons. The second-order valence-electron chi connectivity index (χ2n) is 11.7. The molecule has 1 atom stereocenters. The van der Waals surface area contributed by atoms with Crippen LogP contribution in [0.1, 0.15) is 35.2 Å². The van der Waals surface area contributed by atoms with Gasteiger partial charge in [0.15, 0.2) is 0 Å². The van der Waals surface area contributed by atoms with Gasteiger partial charge in [0.2, 0.25) is 5.91 Å². The Kier molecular flexibility index (Phi) is 10.1. The molecule has 1 heterocycles. The summed E-state index contributed by atoms with van der Waals surface area (Å²) >= 11 is 0. The highest BCUT2D eigenvalue weighted by atomic mass is 16.5. The molecule has 6 heteroatoms. The maximum atomic E-state index is 13.7. The molecule has 2 amide bonds. The fourth-order valence-corrected chi connectivity index (χ4v) is 6.14. The maximum absolute atomic E-state index is 13.7. The smallest absolute Gasteiger partial charge is 0.259 e. The number of nitrogens with zero attached hydrogens (tertiary/aromatic N) is 1. The number of hydrogen-bond acceptors (Lipinski definition) is 4. The average Bonchev–Trinajstić information content (AvgIpc) is 3.39. The molecule has 0 spiro atoms. The van der Waals surface area contributed by atoms with Crippen molar-refractivity contribution in [3.63, 3.8) is 0 Å². The van der Waals surface area contributed by atoms with Crippen molar-refractivity contribution < 1.29 is 14.3 Å².